The van der Waals surface area contributed by atoms with Crippen LogP contribution in [0.5, 0.6) is 0 Å². The van der Waals surface area contributed by atoms with Crippen LogP contribution in [0.15, 0.2) is 18.2 Å². The summed E-state index contributed by atoms with van der Waals surface area (Å²) in [6.07, 6.45) is -2.66. The van der Waals surface area contributed by atoms with Crippen LogP contribution in [-0.2, 0) is 0 Å². The van der Waals surface area contributed by atoms with Gasteiger partial charge in [0.25, 0.3) is 6.43 Å². The van der Waals surface area contributed by atoms with Gasteiger partial charge in [-0.25, -0.2) is 8.78 Å². The molecule has 0 bridgehead atoms. The molecule has 0 amide bonds. The van der Waals surface area contributed by atoms with E-state index in [1.165, 1.54) is 12.1 Å². The highest BCUT2D eigenvalue weighted by atomic mass is 79.9. The Hall–Kier alpha value is -0.480. The maximum absolute atomic E-state index is 12.4. The minimum Gasteiger partial charge on any atom is -0.293 e. The number of carbonyl (C=O) groups excluding carboxylic acids is 1. The smallest absolute Gasteiger partial charge is 0.265 e. The van der Waals surface area contributed by atoms with E-state index in [1.54, 1.807) is 0 Å². The van der Waals surface area contributed by atoms with Crippen LogP contribution in [0.4, 0.5) is 8.78 Å². The molecule has 14 heavy (non-hydrogen) atoms. The standard InChI is InChI=1S/C9H6BrClF2O/c10-4-8(14)5-1-2-7(11)6(3-5)9(12)13/h1-3,9H,4H2. The van der Waals surface area contributed by atoms with Crippen LogP contribution in [0.1, 0.15) is 22.3 Å². The summed E-state index contributed by atoms with van der Waals surface area (Å²) in [5.41, 5.74) is -0.0694. The van der Waals surface area contributed by atoms with Crippen LogP contribution in [-0.4, -0.2) is 11.1 Å². The van der Waals surface area contributed by atoms with Gasteiger partial charge in [-0.2, -0.15) is 0 Å². The summed E-state index contributed by atoms with van der Waals surface area (Å²) in [5, 5.41) is 0.0863. The molecule has 0 aliphatic heterocycles. The molecule has 0 fully saturated rings. The maximum atomic E-state index is 12.4. The first-order valence-electron chi connectivity index (χ1n) is 3.73. The van der Waals surface area contributed by atoms with Crippen molar-refractivity contribution in [3.05, 3.63) is 34.3 Å². The van der Waals surface area contributed by atoms with Gasteiger partial charge in [0.2, 0.25) is 0 Å². The van der Waals surface area contributed by atoms with Gasteiger partial charge in [0.05, 0.1) is 5.33 Å². The summed E-state index contributed by atoms with van der Waals surface area (Å²) >= 11 is 8.50. The molecule has 5 heteroatoms. The fourth-order valence-corrected chi connectivity index (χ4v) is 1.49. The summed E-state index contributed by atoms with van der Waals surface area (Å²) < 4.78 is 24.7. The van der Waals surface area contributed by atoms with E-state index in [0.29, 0.717) is 0 Å². The van der Waals surface area contributed by atoms with Crippen molar-refractivity contribution in [2.45, 2.75) is 6.43 Å². The molecule has 0 N–H and O–H groups in total. The lowest BCUT2D eigenvalue weighted by molar-refractivity contribution is 0.102. The number of hydrogen-bond acceptors (Lipinski definition) is 1. The van der Waals surface area contributed by atoms with Gasteiger partial charge in [-0.1, -0.05) is 27.5 Å². The Morgan fingerprint density at radius 2 is 2.14 bits per heavy atom. The molecular formula is C9H6BrClF2O. The highest BCUT2D eigenvalue weighted by Crippen LogP contribution is 2.27. The highest BCUT2D eigenvalue weighted by Gasteiger charge is 2.14. The van der Waals surface area contributed by atoms with E-state index in [0.717, 1.165) is 6.07 Å². The van der Waals surface area contributed by atoms with Crippen LogP contribution < -0.4 is 0 Å². The summed E-state index contributed by atoms with van der Waals surface area (Å²) in [6.45, 7) is 0. The van der Waals surface area contributed by atoms with E-state index in [-0.39, 0.29) is 27.3 Å². The zero-order valence-corrected chi connectivity index (χ0v) is 9.28. The van der Waals surface area contributed by atoms with E-state index < -0.39 is 6.43 Å². The molecule has 0 unspecified atom stereocenters. The molecule has 0 radical (unpaired) electrons. The van der Waals surface area contributed by atoms with Gasteiger partial charge in [0.1, 0.15) is 0 Å². The first-order chi connectivity index (χ1) is 6.56. The van der Waals surface area contributed by atoms with E-state index in [9.17, 15) is 13.6 Å². The van der Waals surface area contributed by atoms with Crippen LogP contribution in [0.2, 0.25) is 5.02 Å². The molecule has 1 aromatic carbocycles. The molecule has 1 aromatic rings. The zero-order valence-electron chi connectivity index (χ0n) is 6.94. The molecule has 1 nitrogen and oxygen atoms in total. The van der Waals surface area contributed by atoms with E-state index in [2.05, 4.69) is 15.9 Å². The molecule has 0 aliphatic rings. The molecule has 0 spiro atoms. The van der Waals surface area contributed by atoms with E-state index in [4.69, 9.17) is 11.6 Å². The number of carbonyl (C=O) groups is 1. The molecule has 1 rings (SSSR count). The van der Waals surface area contributed by atoms with Crippen molar-refractivity contribution < 1.29 is 13.6 Å². The third-order valence-corrected chi connectivity index (χ3v) is 2.53. The van der Waals surface area contributed by atoms with Crippen LogP contribution in [0.25, 0.3) is 0 Å². The number of alkyl halides is 3. The summed E-state index contributed by atoms with van der Waals surface area (Å²) in [4.78, 5) is 11.2. The van der Waals surface area contributed by atoms with Crippen molar-refractivity contribution in [3.8, 4) is 0 Å². The molecule has 0 aliphatic carbocycles. The van der Waals surface area contributed by atoms with Gasteiger partial charge >= 0.3 is 0 Å². The molecule has 0 aromatic heterocycles. The van der Waals surface area contributed by atoms with Gasteiger partial charge in [-0.05, 0) is 18.2 Å². The van der Waals surface area contributed by atoms with Crippen LogP contribution in [0.3, 0.4) is 0 Å². The fourth-order valence-electron chi connectivity index (χ4n) is 0.962. The van der Waals surface area contributed by atoms with E-state index in [1.807, 2.05) is 0 Å². The van der Waals surface area contributed by atoms with Gasteiger partial charge in [-0.3, -0.25) is 4.79 Å². The van der Waals surface area contributed by atoms with E-state index >= 15 is 0 Å². The lowest BCUT2D eigenvalue weighted by Crippen LogP contribution is -2.01. The molecule has 76 valence electrons. The van der Waals surface area contributed by atoms with Crippen molar-refractivity contribution in [2.75, 3.05) is 5.33 Å². The first-order valence-corrected chi connectivity index (χ1v) is 5.23. The number of ketones is 1. The molecule has 0 atom stereocenters. The normalized spacial score (nSPS) is 10.6. The van der Waals surface area contributed by atoms with Crippen molar-refractivity contribution in [1.29, 1.82) is 0 Å². The monoisotopic (exact) mass is 282 g/mol. The van der Waals surface area contributed by atoms with Gasteiger partial charge in [-0.15, -0.1) is 0 Å². The van der Waals surface area contributed by atoms with Crippen LogP contribution in [0, 0.1) is 0 Å². The molecule has 0 heterocycles. The summed E-state index contributed by atoms with van der Waals surface area (Å²) in [6, 6.07) is 3.85. The highest BCUT2D eigenvalue weighted by molar-refractivity contribution is 9.09. The molecular weight excluding hydrogens is 277 g/mol. The van der Waals surface area contributed by atoms with Gasteiger partial charge < -0.3 is 0 Å². The second-order valence-corrected chi connectivity index (χ2v) is 3.56. The quantitative estimate of drug-likeness (QED) is 0.608. The Morgan fingerprint density at radius 1 is 1.50 bits per heavy atom. The third-order valence-electron chi connectivity index (χ3n) is 1.67. The SMILES string of the molecule is O=C(CBr)c1ccc(Cl)c(C(F)F)c1. The second kappa shape index (κ2) is 4.84. The van der Waals surface area contributed by atoms with Crippen LogP contribution >= 0.6 is 27.5 Å². The van der Waals surface area contributed by atoms with Gasteiger partial charge in [0, 0.05) is 16.1 Å². The van der Waals surface area contributed by atoms with Crippen molar-refractivity contribution >= 4 is 33.3 Å². The summed E-state index contributed by atoms with van der Waals surface area (Å²) in [7, 11) is 0. The third kappa shape index (κ3) is 2.51. The minimum absolute atomic E-state index is 0.0221. The minimum atomic E-state index is -2.66. The largest absolute Gasteiger partial charge is 0.293 e. The first kappa shape index (κ1) is 11.6. The zero-order chi connectivity index (χ0) is 10.7. The molecule has 0 saturated heterocycles. The number of Topliss-reactive ketones (excluding diaryl/α,β-unsaturated/α-hetero) is 1. The van der Waals surface area contributed by atoms with Gasteiger partial charge in [0.15, 0.2) is 5.78 Å². The number of rotatable bonds is 3. The second-order valence-electron chi connectivity index (χ2n) is 2.59. The maximum Gasteiger partial charge on any atom is 0.265 e. The Labute approximate surface area is 93.2 Å². The molecule has 0 saturated carbocycles. The van der Waals surface area contributed by atoms with Crippen molar-refractivity contribution in [2.24, 2.45) is 0 Å². The Balaban J connectivity index is 3.13. The summed E-state index contributed by atoms with van der Waals surface area (Å²) in [5.74, 6) is -0.247. The predicted octanol–water partition coefficient (Wildman–Crippen LogP) is 3.86. The average molecular weight is 283 g/mol. The topological polar surface area (TPSA) is 17.1 Å². The fraction of sp³-hybridized carbons (Fsp3) is 0.222. The number of hydrogen-bond donors (Lipinski definition) is 0. The Kier molecular flexibility index (Phi) is 4.01. The average Bonchev–Trinajstić information content (AvgIpc) is 2.17. The number of benzene rings is 1. The number of halogens is 4. The van der Waals surface area contributed by atoms with Crippen molar-refractivity contribution in [3.63, 3.8) is 0 Å². The lowest BCUT2D eigenvalue weighted by atomic mass is 10.1. The van der Waals surface area contributed by atoms with Crippen molar-refractivity contribution in [1.82, 2.24) is 0 Å². The predicted molar refractivity (Wildman–Crippen MR) is 54.5 cm³/mol. The Morgan fingerprint density at radius 3 is 2.64 bits per heavy atom. The lowest BCUT2D eigenvalue weighted by Gasteiger charge is -2.04. The Bertz CT molecular complexity index is 355.